The van der Waals surface area contributed by atoms with Crippen molar-refractivity contribution in [2.75, 3.05) is 26.7 Å². The van der Waals surface area contributed by atoms with Crippen LogP contribution in [0.25, 0.3) is 0 Å². The van der Waals surface area contributed by atoms with E-state index in [9.17, 15) is 4.79 Å². The molecular weight excluding hydrogens is 358 g/mol. The normalized spacial score (nSPS) is 37.2. The van der Waals surface area contributed by atoms with Crippen molar-refractivity contribution < 1.29 is 14.3 Å². The van der Waals surface area contributed by atoms with Crippen LogP contribution in [0.1, 0.15) is 53.7 Å². The van der Waals surface area contributed by atoms with Gasteiger partial charge < -0.3 is 14.4 Å². The molecule has 0 aromatic heterocycles. The molecule has 0 amide bonds. The van der Waals surface area contributed by atoms with Gasteiger partial charge in [0.05, 0.1) is 12.5 Å². The zero-order valence-corrected chi connectivity index (χ0v) is 16.8. The summed E-state index contributed by atoms with van der Waals surface area (Å²) in [5, 5.41) is 0.942. The highest BCUT2D eigenvalue weighted by Gasteiger charge is 2.59. The molecule has 1 saturated carbocycles. The van der Waals surface area contributed by atoms with Gasteiger partial charge in [0, 0.05) is 36.0 Å². The fraction of sp³-hybridized carbons (Fsp3) is 0.682. The van der Waals surface area contributed by atoms with Crippen LogP contribution in [-0.2, 0) is 14.3 Å². The molecule has 0 radical (unpaired) electrons. The van der Waals surface area contributed by atoms with Crippen molar-refractivity contribution >= 4 is 17.7 Å². The van der Waals surface area contributed by atoms with Gasteiger partial charge in [-0.15, -0.1) is 11.8 Å². The van der Waals surface area contributed by atoms with Gasteiger partial charge in [-0.25, -0.2) is 0 Å². The van der Waals surface area contributed by atoms with E-state index >= 15 is 0 Å². The maximum absolute atomic E-state index is 12.6. The van der Waals surface area contributed by atoms with Crippen LogP contribution in [0.15, 0.2) is 24.3 Å². The van der Waals surface area contributed by atoms with E-state index in [0.29, 0.717) is 28.8 Å². The Morgan fingerprint density at radius 2 is 1.70 bits per heavy atom. The summed E-state index contributed by atoms with van der Waals surface area (Å²) >= 11 is 2.07. The van der Waals surface area contributed by atoms with Crippen LogP contribution < -0.4 is 0 Å². The van der Waals surface area contributed by atoms with Gasteiger partial charge in [-0.2, -0.15) is 0 Å². The van der Waals surface area contributed by atoms with Crippen molar-refractivity contribution in [3.05, 3.63) is 35.4 Å². The molecule has 0 N–H and O–H groups in total. The lowest BCUT2D eigenvalue weighted by Crippen LogP contribution is -2.46. The van der Waals surface area contributed by atoms with E-state index in [1.54, 1.807) is 0 Å². The van der Waals surface area contributed by atoms with Crippen LogP contribution in [0.5, 0.6) is 0 Å². The number of methoxy groups -OCH3 is 1. The Balaban J connectivity index is 1.31. The summed E-state index contributed by atoms with van der Waals surface area (Å²) in [5.74, 6) is 0.844. The molecule has 1 aliphatic carbocycles. The second-order valence-electron chi connectivity index (χ2n) is 8.44. The molecule has 1 aromatic rings. The minimum Gasteiger partial charge on any atom is -0.462 e. The first-order valence-electron chi connectivity index (χ1n) is 10.4. The molecule has 2 bridgehead atoms. The van der Waals surface area contributed by atoms with Gasteiger partial charge in [-0.3, -0.25) is 4.79 Å². The third-order valence-corrected chi connectivity index (χ3v) is 8.78. The third-order valence-electron chi connectivity index (χ3n) is 7.06. The Bertz CT molecular complexity index is 705. The molecule has 4 nitrogen and oxygen atoms in total. The highest BCUT2D eigenvalue weighted by atomic mass is 32.2. The number of nitrogens with zero attached hydrogens (tertiary/aromatic N) is 1. The summed E-state index contributed by atoms with van der Waals surface area (Å²) in [5.41, 5.74) is 2.94. The van der Waals surface area contributed by atoms with E-state index in [1.165, 1.54) is 24.0 Å². The van der Waals surface area contributed by atoms with Crippen molar-refractivity contribution in [3.63, 3.8) is 0 Å². The number of rotatable bonds is 5. The maximum atomic E-state index is 12.6. The van der Waals surface area contributed by atoms with E-state index in [4.69, 9.17) is 9.47 Å². The minimum absolute atomic E-state index is 0.0115. The fourth-order valence-corrected chi connectivity index (χ4v) is 7.94. The van der Waals surface area contributed by atoms with Gasteiger partial charge in [-0.05, 0) is 49.9 Å². The maximum Gasteiger partial charge on any atom is 0.307 e. The lowest BCUT2D eigenvalue weighted by atomic mass is 9.66. The predicted molar refractivity (Wildman–Crippen MR) is 107 cm³/mol. The van der Waals surface area contributed by atoms with Crippen molar-refractivity contribution in [1.29, 1.82) is 0 Å². The zero-order valence-electron chi connectivity index (χ0n) is 16.0. The van der Waals surface area contributed by atoms with Crippen LogP contribution in [0.2, 0.25) is 0 Å². The first-order valence-corrected chi connectivity index (χ1v) is 11.4. The molecule has 5 heteroatoms. The third kappa shape index (κ3) is 3.12. The lowest BCUT2D eigenvalue weighted by molar-refractivity contribution is -0.160. The topological polar surface area (TPSA) is 38.8 Å². The zero-order chi connectivity index (χ0) is 18.4. The summed E-state index contributed by atoms with van der Waals surface area (Å²) < 4.78 is 12.0. The van der Waals surface area contributed by atoms with Crippen LogP contribution in [0, 0.1) is 11.8 Å². The first-order chi connectivity index (χ1) is 13.3. The number of hydrogen-bond acceptors (Lipinski definition) is 5. The summed E-state index contributed by atoms with van der Waals surface area (Å²) in [6, 6.07) is 8.84. The first kappa shape index (κ1) is 18.0. The van der Waals surface area contributed by atoms with E-state index in [2.05, 4.69) is 40.9 Å². The van der Waals surface area contributed by atoms with Gasteiger partial charge in [0.15, 0.2) is 0 Å². The molecule has 5 rings (SSSR count). The highest BCUT2D eigenvalue weighted by Crippen LogP contribution is 2.70. The molecule has 3 aliphatic heterocycles. The molecule has 2 saturated heterocycles. The molecule has 0 spiro atoms. The summed E-state index contributed by atoms with van der Waals surface area (Å²) in [6.45, 7) is 3.12. The van der Waals surface area contributed by atoms with Crippen LogP contribution >= 0.6 is 11.8 Å². The van der Waals surface area contributed by atoms with Crippen molar-refractivity contribution in [2.24, 2.45) is 11.8 Å². The average Bonchev–Trinajstić information content (AvgIpc) is 3.42. The van der Waals surface area contributed by atoms with Crippen LogP contribution in [0.3, 0.4) is 0 Å². The Labute approximate surface area is 166 Å². The number of esters is 1. The van der Waals surface area contributed by atoms with Gasteiger partial charge >= 0.3 is 5.97 Å². The number of carbonyl (C=O) groups excluding carboxylic acids is 1. The fourth-order valence-electron chi connectivity index (χ4n) is 5.83. The molecule has 4 aliphatic rings. The Kier molecular flexibility index (Phi) is 4.95. The van der Waals surface area contributed by atoms with Crippen LogP contribution in [-0.4, -0.2) is 49.8 Å². The highest BCUT2D eigenvalue weighted by molar-refractivity contribution is 8.00. The van der Waals surface area contributed by atoms with Gasteiger partial charge in [0.25, 0.3) is 0 Å². The van der Waals surface area contributed by atoms with E-state index in [-0.39, 0.29) is 18.2 Å². The van der Waals surface area contributed by atoms with E-state index in [1.807, 2.05) is 7.11 Å². The van der Waals surface area contributed by atoms with Crippen molar-refractivity contribution in [1.82, 2.24) is 4.90 Å². The average molecular weight is 388 g/mol. The number of thioether (sulfide) groups is 1. The number of fused-ring (bicyclic) bond motifs is 8. The molecule has 3 fully saturated rings. The Morgan fingerprint density at radius 1 is 1.07 bits per heavy atom. The molecule has 146 valence electrons. The van der Waals surface area contributed by atoms with E-state index in [0.717, 1.165) is 32.5 Å². The van der Waals surface area contributed by atoms with Crippen molar-refractivity contribution in [3.8, 4) is 0 Å². The second kappa shape index (κ2) is 7.41. The van der Waals surface area contributed by atoms with Gasteiger partial charge in [0.1, 0.15) is 6.10 Å². The van der Waals surface area contributed by atoms with Crippen molar-refractivity contribution in [2.45, 2.75) is 54.8 Å². The molecule has 3 heterocycles. The molecule has 1 aromatic carbocycles. The van der Waals surface area contributed by atoms with Gasteiger partial charge in [-0.1, -0.05) is 24.3 Å². The minimum atomic E-state index is -0.0115. The van der Waals surface area contributed by atoms with Crippen LogP contribution in [0.4, 0.5) is 0 Å². The second-order valence-corrected chi connectivity index (χ2v) is 9.73. The number of benzene rings is 1. The molecule has 6 atom stereocenters. The van der Waals surface area contributed by atoms with E-state index < -0.39 is 0 Å². The number of carbonyl (C=O) groups is 1. The standard InChI is InChI=1S/C22H29NO3S/c1-25-16-8-9-17(26-18(24)10-13-23-11-4-5-12-23)20-19(16)21-14-6-2-3-7-15(14)22(20)27-21/h2-3,6-7,16-17,19-22H,4-5,8-13H2,1H3/t16-,17+,19?,20?,21-,22+/m0/s1. The number of hydrogen-bond donors (Lipinski definition) is 0. The lowest BCUT2D eigenvalue weighted by Gasteiger charge is -2.44. The number of ether oxygens (including phenoxy) is 2. The predicted octanol–water partition coefficient (Wildman–Crippen LogP) is 3.97. The summed E-state index contributed by atoms with van der Waals surface area (Å²) in [7, 11) is 1.84. The Hall–Kier alpha value is -1.04. The SMILES string of the molecule is CO[C@H]1CC[C@@H](OC(=O)CCN2CCCC2)C2C1[C@H]1S[C@@H]2c2ccccc21. The largest absolute Gasteiger partial charge is 0.462 e. The molecule has 2 unspecified atom stereocenters. The quantitative estimate of drug-likeness (QED) is 0.715. The summed E-state index contributed by atoms with van der Waals surface area (Å²) in [4.78, 5) is 15.0. The number of likely N-dealkylation sites (tertiary alicyclic amines) is 1. The monoisotopic (exact) mass is 387 g/mol. The molecular formula is C22H29NO3S. The Morgan fingerprint density at radius 3 is 2.37 bits per heavy atom. The summed E-state index contributed by atoms with van der Waals surface area (Å²) in [6.07, 6.45) is 5.31. The van der Waals surface area contributed by atoms with Gasteiger partial charge in [0.2, 0.25) is 0 Å². The smallest absolute Gasteiger partial charge is 0.307 e. The molecule has 27 heavy (non-hydrogen) atoms.